The smallest absolute Gasteiger partial charge is 0.137 e. The molecule has 1 aliphatic rings. The number of piperazine rings is 1. The number of benzene rings is 1. The Labute approximate surface area is 155 Å². The van der Waals surface area contributed by atoms with E-state index in [1.54, 1.807) is 0 Å². The number of H-pyrrole nitrogens is 1. The van der Waals surface area contributed by atoms with Crippen LogP contribution in [0.25, 0.3) is 11.0 Å². The van der Waals surface area contributed by atoms with Gasteiger partial charge in [-0.1, -0.05) is 30.3 Å². The van der Waals surface area contributed by atoms with Gasteiger partial charge in [-0.15, -0.1) is 0 Å². The lowest BCUT2D eigenvalue weighted by atomic mass is 10.2. The van der Waals surface area contributed by atoms with Gasteiger partial charge in [-0.3, -0.25) is 9.80 Å². The molecular formula is C21H27N5. The lowest BCUT2D eigenvalue weighted by Crippen LogP contribution is -2.47. The van der Waals surface area contributed by atoms with Crippen LogP contribution >= 0.6 is 0 Å². The molecule has 1 saturated heterocycles. The summed E-state index contributed by atoms with van der Waals surface area (Å²) < 4.78 is 0. The van der Waals surface area contributed by atoms with Crippen molar-refractivity contribution in [3.63, 3.8) is 0 Å². The Morgan fingerprint density at radius 3 is 2.62 bits per heavy atom. The predicted octanol–water partition coefficient (Wildman–Crippen LogP) is 2.47. The van der Waals surface area contributed by atoms with Crippen LogP contribution in [-0.4, -0.2) is 59.0 Å². The number of nitrogens with one attached hydrogen (secondary N) is 2. The van der Waals surface area contributed by atoms with Gasteiger partial charge in [0.25, 0.3) is 0 Å². The first-order chi connectivity index (χ1) is 12.9. The number of aromatic amines is 1. The van der Waals surface area contributed by atoms with Gasteiger partial charge in [-0.05, 0) is 23.3 Å². The summed E-state index contributed by atoms with van der Waals surface area (Å²) in [5.41, 5.74) is 3.69. The lowest BCUT2D eigenvalue weighted by Gasteiger charge is -2.34. The first-order valence-corrected chi connectivity index (χ1v) is 9.49. The van der Waals surface area contributed by atoms with Crippen LogP contribution in [0.4, 0.5) is 0 Å². The molecule has 0 atom stereocenters. The van der Waals surface area contributed by atoms with Gasteiger partial charge in [0.15, 0.2) is 0 Å². The zero-order valence-electron chi connectivity index (χ0n) is 15.2. The summed E-state index contributed by atoms with van der Waals surface area (Å²) in [7, 11) is 0. The van der Waals surface area contributed by atoms with Crippen LogP contribution in [0.3, 0.4) is 0 Å². The first kappa shape index (κ1) is 17.2. The van der Waals surface area contributed by atoms with Crippen molar-refractivity contribution in [2.75, 3.05) is 39.3 Å². The highest BCUT2D eigenvalue weighted by atomic mass is 15.3. The highest BCUT2D eigenvalue weighted by Crippen LogP contribution is 2.14. The Hall–Kier alpha value is -2.21. The number of nitrogens with zero attached hydrogens (tertiary/aromatic N) is 3. The van der Waals surface area contributed by atoms with Crippen molar-refractivity contribution in [3.8, 4) is 0 Å². The van der Waals surface area contributed by atoms with Crippen LogP contribution in [0.15, 0.2) is 54.9 Å². The maximum atomic E-state index is 4.34. The molecule has 0 saturated carbocycles. The lowest BCUT2D eigenvalue weighted by molar-refractivity contribution is 0.127. The van der Waals surface area contributed by atoms with Gasteiger partial charge in [0.05, 0.1) is 0 Å². The highest BCUT2D eigenvalue weighted by molar-refractivity contribution is 5.79. The Morgan fingerprint density at radius 1 is 0.962 bits per heavy atom. The van der Waals surface area contributed by atoms with E-state index in [2.05, 4.69) is 67.5 Å². The fourth-order valence-electron chi connectivity index (χ4n) is 3.65. The van der Waals surface area contributed by atoms with Crippen LogP contribution in [0.2, 0.25) is 0 Å². The molecule has 2 aromatic heterocycles. The summed E-state index contributed by atoms with van der Waals surface area (Å²) in [6.45, 7) is 8.73. The number of fused-ring (bicyclic) bond motifs is 1. The number of hydrogen-bond acceptors (Lipinski definition) is 4. The van der Waals surface area contributed by atoms with Gasteiger partial charge >= 0.3 is 0 Å². The van der Waals surface area contributed by atoms with Gasteiger partial charge in [0.2, 0.25) is 0 Å². The molecule has 0 aliphatic carbocycles. The van der Waals surface area contributed by atoms with E-state index in [-0.39, 0.29) is 0 Å². The molecule has 1 aromatic carbocycles. The van der Waals surface area contributed by atoms with Crippen LogP contribution in [0.1, 0.15) is 11.1 Å². The highest BCUT2D eigenvalue weighted by Gasteiger charge is 2.16. The van der Waals surface area contributed by atoms with E-state index in [4.69, 9.17) is 0 Å². The average Bonchev–Trinajstić information content (AvgIpc) is 3.17. The first-order valence-electron chi connectivity index (χ1n) is 9.49. The second-order valence-corrected chi connectivity index (χ2v) is 6.99. The number of pyridine rings is 1. The number of rotatable bonds is 7. The van der Waals surface area contributed by atoms with Crippen molar-refractivity contribution in [2.24, 2.45) is 0 Å². The molecule has 0 spiro atoms. The average molecular weight is 349 g/mol. The summed E-state index contributed by atoms with van der Waals surface area (Å²) >= 11 is 0. The quantitative estimate of drug-likeness (QED) is 0.644. The van der Waals surface area contributed by atoms with E-state index in [0.29, 0.717) is 0 Å². The Morgan fingerprint density at radius 2 is 1.77 bits per heavy atom. The Balaban J connectivity index is 1.17. The maximum absolute atomic E-state index is 4.34. The third kappa shape index (κ3) is 4.30. The molecule has 0 bridgehead atoms. The summed E-state index contributed by atoms with van der Waals surface area (Å²) in [5.74, 6) is 0. The van der Waals surface area contributed by atoms with Crippen molar-refractivity contribution in [1.29, 1.82) is 0 Å². The van der Waals surface area contributed by atoms with E-state index in [9.17, 15) is 0 Å². The summed E-state index contributed by atoms with van der Waals surface area (Å²) in [5, 5.41) is 4.80. The second-order valence-electron chi connectivity index (χ2n) is 6.99. The number of aromatic nitrogens is 2. The van der Waals surface area contributed by atoms with Crippen molar-refractivity contribution in [3.05, 3.63) is 66.0 Å². The molecule has 3 heterocycles. The van der Waals surface area contributed by atoms with Crippen molar-refractivity contribution in [2.45, 2.75) is 13.1 Å². The molecule has 136 valence electrons. The molecule has 4 rings (SSSR count). The monoisotopic (exact) mass is 349 g/mol. The topological polar surface area (TPSA) is 47.2 Å². The van der Waals surface area contributed by atoms with Crippen LogP contribution < -0.4 is 5.32 Å². The zero-order valence-corrected chi connectivity index (χ0v) is 15.2. The van der Waals surface area contributed by atoms with Gasteiger partial charge in [0.1, 0.15) is 5.65 Å². The fourth-order valence-corrected chi connectivity index (χ4v) is 3.65. The van der Waals surface area contributed by atoms with E-state index in [1.807, 2.05) is 12.4 Å². The van der Waals surface area contributed by atoms with Crippen molar-refractivity contribution < 1.29 is 0 Å². The van der Waals surface area contributed by atoms with Crippen molar-refractivity contribution >= 4 is 11.0 Å². The maximum Gasteiger partial charge on any atom is 0.137 e. The zero-order chi connectivity index (χ0) is 17.6. The standard InChI is InChI=1S/C21H27N5/c1-2-4-18(5-3-1)17-26-14-12-25(13-15-26)11-10-22-16-19-6-8-23-21-20(19)7-9-24-21/h1-9,22H,10-17H2,(H,23,24). The fraction of sp³-hybridized carbons (Fsp3) is 0.381. The molecule has 0 radical (unpaired) electrons. The Bertz CT molecular complexity index is 805. The van der Waals surface area contributed by atoms with Crippen LogP contribution in [0.5, 0.6) is 0 Å². The molecule has 5 heteroatoms. The molecule has 0 amide bonds. The minimum Gasteiger partial charge on any atom is -0.346 e. The van der Waals surface area contributed by atoms with E-state index >= 15 is 0 Å². The third-order valence-electron chi connectivity index (χ3n) is 5.18. The largest absolute Gasteiger partial charge is 0.346 e. The molecule has 26 heavy (non-hydrogen) atoms. The molecule has 0 unspecified atom stereocenters. The van der Waals surface area contributed by atoms with Gasteiger partial charge in [0, 0.05) is 70.1 Å². The molecule has 1 aliphatic heterocycles. The molecule has 5 nitrogen and oxygen atoms in total. The van der Waals surface area contributed by atoms with Crippen molar-refractivity contribution in [1.82, 2.24) is 25.1 Å². The molecule has 3 aromatic rings. The minimum absolute atomic E-state index is 0.894. The Kier molecular flexibility index (Phi) is 5.59. The second kappa shape index (κ2) is 8.45. The third-order valence-corrected chi connectivity index (χ3v) is 5.18. The van der Waals surface area contributed by atoms with E-state index < -0.39 is 0 Å². The molecular weight excluding hydrogens is 322 g/mol. The number of hydrogen-bond donors (Lipinski definition) is 2. The minimum atomic E-state index is 0.894. The normalized spacial score (nSPS) is 16.3. The summed E-state index contributed by atoms with van der Waals surface area (Å²) in [6.07, 6.45) is 3.83. The van der Waals surface area contributed by atoms with Crippen LogP contribution in [-0.2, 0) is 13.1 Å². The molecule has 1 fully saturated rings. The van der Waals surface area contributed by atoms with E-state index in [1.165, 1.54) is 16.5 Å². The SMILES string of the molecule is c1ccc(CN2CCN(CCNCc3ccnc4[nH]ccc34)CC2)cc1. The van der Waals surface area contributed by atoms with Gasteiger partial charge in [-0.2, -0.15) is 0 Å². The molecule has 2 N–H and O–H groups in total. The van der Waals surface area contributed by atoms with Gasteiger partial charge in [-0.25, -0.2) is 4.98 Å². The van der Waals surface area contributed by atoms with E-state index in [0.717, 1.165) is 58.0 Å². The predicted molar refractivity (Wildman–Crippen MR) is 106 cm³/mol. The van der Waals surface area contributed by atoms with Gasteiger partial charge < -0.3 is 10.3 Å². The summed E-state index contributed by atoms with van der Waals surface area (Å²) in [6, 6.07) is 15.0. The van der Waals surface area contributed by atoms with Crippen LogP contribution in [0, 0.1) is 0 Å². The summed E-state index contributed by atoms with van der Waals surface area (Å²) in [4.78, 5) is 12.6.